The van der Waals surface area contributed by atoms with Gasteiger partial charge >= 0.3 is 0 Å². The molecule has 0 heterocycles. The van der Waals surface area contributed by atoms with E-state index in [2.05, 4.69) is 52.5 Å². The Morgan fingerprint density at radius 3 is 2.47 bits per heavy atom. The summed E-state index contributed by atoms with van der Waals surface area (Å²) in [5, 5.41) is 0.477. The normalized spacial score (nSPS) is 13.5. The van der Waals surface area contributed by atoms with Crippen molar-refractivity contribution in [3.8, 4) is 0 Å². The van der Waals surface area contributed by atoms with Crippen LogP contribution in [0.3, 0.4) is 0 Å². The summed E-state index contributed by atoms with van der Waals surface area (Å²) in [5.41, 5.74) is 0.958. The van der Waals surface area contributed by atoms with Gasteiger partial charge in [-0.2, -0.15) is 0 Å². The highest BCUT2D eigenvalue weighted by molar-refractivity contribution is 9.11. The number of sulfonamides is 1. The summed E-state index contributed by atoms with van der Waals surface area (Å²) in [7, 11) is -2.07. The van der Waals surface area contributed by atoms with E-state index in [9.17, 15) is 8.42 Å². The lowest BCUT2D eigenvalue weighted by atomic mass is 10.2. The maximum absolute atomic E-state index is 12.3. The van der Waals surface area contributed by atoms with E-state index >= 15 is 0 Å². The number of ether oxygens (including phenoxy) is 1. The molecule has 1 atom stereocenters. The number of benzene rings is 1. The minimum absolute atomic E-state index is 0.201. The molecule has 0 aliphatic heterocycles. The van der Waals surface area contributed by atoms with Crippen LogP contribution in [0.2, 0.25) is 0 Å². The topological polar surface area (TPSA) is 55.4 Å². The van der Waals surface area contributed by atoms with Crippen molar-refractivity contribution < 1.29 is 13.2 Å². The fraction of sp³-hybridized carbons (Fsp3) is 0.455. The van der Waals surface area contributed by atoms with Crippen LogP contribution in [0.25, 0.3) is 0 Å². The Balaban J connectivity index is 3.10. The second-order valence-corrected chi connectivity index (χ2v) is 8.00. The van der Waals surface area contributed by atoms with E-state index in [4.69, 9.17) is 4.74 Å². The molecular formula is C11H14Br3NO3S. The predicted octanol–water partition coefficient (Wildman–Crippen LogP) is 3.21. The number of aryl methyl sites for hydroxylation is 1. The zero-order valence-corrected chi connectivity index (χ0v) is 16.0. The molecule has 0 aliphatic rings. The van der Waals surface area contributed by atoms with E-state index in [1.807, 2.05) is 6.92 Å². The Labute approximate surface area is 138 Å². The van der Waals surface area contributed by atoms with Crippen LogP contribution in [0.1, 0.15) is 5.56 Å². The van der Waals surface area contributed by atoms with Crippen LogP contribution in [-0.4, -0.2) is 33.5 Å². The molecule has 0 aromatic heterocycles. The van der Waals surface area contributed by atoms with Gasteiger partial charge in [0.1, 0.15) is 0 Å². The lowest BCUT2D eigenvalue weighted by Crippen LogP contribution is -2.39. The van der Waals surface area contributed by atoms with Crippen LogP contribution in [0.4, 0.5) is 0 Å². The zero-order chi connectivity index (χ0) is 14.6. The van der Waals surface area contributed by atoms with Gasteiger partial charge in [0.05, 0.1) is 17.5 Å². The van der Waals surface area contributed by atoms with Crippen LogP contribution in [0.15, 0.2) is 26.0 Å². The highest BCUT2D eigenvalue weighted by Crippen LogP contribution is 2.28. The first-order chi connectivity index (χ1) is 8.81. The summed E-state index contributed by atoms with van der Waals surface area (Å²) in [6.07, 6.45) is 0. The molecule has 0 spiro atoms. The second kappa shape index (κ2) is 7.51. The molecule has 0 saturated heterocycles. The van der Waals surface area contributed by atoms with Gasteiger partial charge in [0.2, 0.25) is 10.0 Å². The number of halogens is 3. The number of nitrogens with one attached hydrogen (secondary N) is 1. The fourth-order valence-corrected chi connectivity index (χ4v) is 4.89. The van der Waals surface area contributed by atoms with Gasteiger partial charge in [-0.15, -0.1) is 0 Å². The van der Waals surface area contributed by atoms with Gasteiger partial charge in [-0.3, -0.25) is 0 Å². The van der Waals surface area contributed by atoms with Crippen molar-refractivity contribution in [2.75, 3.05) is 19.0 Å². The molecular weight excluding hydrogens is 466 g/mol. The van der Waals surface area contributed by atoms with Crippen molar-refractivity contribution in [1.82, 2.24) is 4.72 Å². The molecule has 0 saturated carbocycles. The van der Waals surface area contributed by atoms with Crippen molar-refractivity contribution in [2.24, 2.45) is 0 Å². The van der Waals surface area contributed by atoms with Gasteiger partial charge in [-0.1, -0.05) is 31.9 Å². The third-order valence-corrected chi connectivity index (χ3v) is 6.49. The molecule has 0 fully saturated rings. The van der Waals surface area contributed by atoms with Gasteiger partial charge in [-0.25, -0.2) is 13.1 Å². The quantitative estimate of drug-likeness (QED) is 0.637. The van der Waals surface area contributed by atoms with Gasteiger partial charge < -0.3 is 4.74 Å². The molecule has 4 nitrogen and oxygen atoms in total. The van der Waals surface area contributed by atoms with Crippen molar-refractivity contribution in [1.29, 1.82) is 0 Å². The minimum atomic E-state index is -3.60. The van der Waals surface area contributed by atoms with Gasteiger partial charge in [-0.05, 0) is 40.5 Å². The molecule has 1 aromatic rings. The molecule has 19 heavy (non-hydrogen) atoms. The lowest BCUT2D eigenvalue weighted by molar-refractivity contribution is 0.182. The largest absolute Gasteiger partial charge is 0.383 e. The Morgan fingerprint density at radius 2 is 1.95 bits per heavy atom. The lowest BCUT2D eigenvalue weighted by Gasteiger charge is -2.16. The highest BCUT2D eigenvalue weighted by Gasteiger charge is 2.22. The molecule has 1 unspecified atom stereocenters. The highest BCUT2D eigenvalue weighted by atomic mass is 79.9. The van der Waals surface area contributed by atoms with Crippen molar-refractivity contribution in [3.63, 3.8) is 0 Å². The van der Waals surface area contributed by atoms with Crippen LogP contribution in [-0.2, 0) is 14.8 Å². The predicted molar refractivity (Wildman–Crippen MR) is 86.4 cm³/mol. The number of rotatable bonds is 6. The molecule has 1 N–H and O–H groups in total. The molecule has 0 bridgehead atoms. The fourth-order valence-electron chi connectivity index (χ4n) is 1.43. The summed E-state index contributed by atoms with van der Waals surface area (Å²) in [6, 6.07) is 3.03. The Kier molecular flexibility index (Phi) is 6.95. The number of alkyl halides is 1. The van der Waals surface area contributed by atoms with Crippen LogP contribution in [0, 0.1) is 6.92 Å². The van der Waals surface area contributed by atoms with Crippen LogP contribution >= 0.6 is 47.8 Å². The monoisotopic (exact) mass is 477 g/mol. The average Bonchev–Trinajstić information content (AvgIpc) is 2.32. The summed E-state index contributed by atoms with van der Waals surface area (Å²) in [5.74, 6) is 0. The van der Waals surface area contributed by atoms with E-state index in [0.717, 1.165) is 10.0 Å². The Bertz CT molecular complexity index is 548. The molecule has 108 valence electrons. The van der Waals surface area contributed by atoms with Crippen molar-refractivity contribution in [3.05, 3.63) is 26.6 Å². The first-order valence-electron chi connectivity index (χ1n) is 5.34. The molecule has 8 heteroatoms. The van der Waals surface area contributed by atoms with E-state index in [0.29, 0.717) is 16.4 Å². The summed E-state index contributed by atoms with van der Waals surface area (Å²) in [4.78, 5) is 0.201. The average molecular weight is 480 g/mol. The first kappa shape index (κ1) is 17.6. The first-order valence-corrected chi connectivity index (χ1v) is 9.53. The van der Waals surface area contributed by atoms with Crippen molar-refractivity contribution in [2.45, 2.75) is 17.9 Å². The van der Waals surface area contributed by atoms with Gasteiger partial charge in [0.15, 0.2) is 0 Å². The zero-order valence-electron chi connectivity index (χ0n) is 10.4. The summed E-state index contributed by atoms with van der Waals surface area (Å²) >= 11 is 9.88. The molecule has 1 aromatic carbocycles. The maximum Gasteiger partial charge on any atom is 0.242 e. The van der Waals surface area contributed by atoms with Crippen LogP contribution in [0.5, 0.6) is 0 Å². The SMILES string of the molecule is COCC(CBr)NS(=O)(=O)c1cc(Br)c(C)cc1Br. The Morgan fingerprint density at radius 1 is 1.32 bits per heavy atom. The molecule has 0 radical (unpaired) electrons. The third kappa shape index (κ3) is 4.78. The summed E-state index contributed by atoms with van der Waals surface area (Å²) in [6.45, 7) is 2.19. The van der Waals surface area contributed by atoms with Gasteiger partial charge in [0, 0.05) is 21.4 Å². The van der Waals surface area contributed by atoms with Crippen molar-refractivity contribution >= 4 is 57.8 Å². The van der Waals surface area contributed by atoms with Crippen LogP contribution < -0.4 is 4.72 Å². The van der Waals surface area contributed by atoms with E-state index in [1.54, 1.807) is 12.1 Å². The minimum Gasteiger partial charge on any atom is -0.383 e. The maximum atomic E-state index is 12.3. The van der Waals surface area contributed by atoms with E-state index in [-0.39, 0.29) is 10.9 Å². The number of hydrogen-bond donors (Lipinski definition) is 1. The Hall–Kier alpha value is 0.530. The number of hydrogen-bond acceptors (Lipinski definition) is 3. The molecule has 0 aliphatic carbocycles. The standard InChI is InChI=1S/C11H14Br3NO3S/c1-7-3-10(14)11(4-9(7)13)19(16,17)15-8(5-12)6-18-2/h3-4,8,15H,5-6H2,1-2H3. The van der Waals surface area contributed by atoms with E-state index in [1.165, 1.54) is 7.11 Å². The summed E-state index contributed by atoms with van der Waals surface area (Å²) < 4.78 is 33.5. The number of methoxy groups -OCH3 is 1. The second-order valence-electron chi connectivity index (χ2n) is 3.96. The van der Waals surface area contributed by atoms with Gasteiger partial charge in [0.25, 0.3) is 0 Å². The molecule has 1 rings (SSSR count). The smallest absolute Gasteiger partial charge is 0.242 e. The van der Waals surface area contributed by atoms with E-state index < -0.39 is 10.0 Å². The molecule has 0 amide bonds. The third-order valence-electron chi connectivity index (χ3n) is 2.38.